The van der Waals surface area contributed by atoms with E-state index in [1.807, 2.05) is 18.3 Å². The van der Waals surface area contributed by atoms with Crippen molar-refractivity contribution in [1.82, 2.24) is 15.3 Å². The van der Waals surface area contributed by atoms with Gasteiger partial charge in [-0.2, -0.15) is 0 Å². The van der Waals surface area contributed by atoms with Crippen LogP contribution >= 0.6 is 11.3 Å². The molecule has 2 saturated heterocycles. The summed E-state index contributed by atoms with van der Waals surface area (Å²) in [5, 5.41) is 12.5. The molecule has 1 amide bonds. The predicted octanol–water partition coefficient (Wildman–Crippen LogP) is 1.27. The summed E-state index contributed by atoms with van der Waals surface area (Å²) in [6.07, 6.45) is 3.82. The van der Waals surface area contributed by atoms with Crippen LogP contribution in [-0.2, 0) is 20.9 Å². The number of nitrogens with zero attached hydrogens (tertiary/aromatic N) is 4. The van der Waals surface area contributed by atoms with Gasteiger partial charge in [-0.3, -0.25) is 4.79 Å². The van der Waals surface area contributed by atoms with E-state index in [0.717, 1.165) is 53.9 Å². The molecule has 0 aliphatic carbocycles. The van der Waals surface area contributed by atoms with Gasteiger partial charge in [0.25, 0.3) is 0 Å². The highest BCUT2D eigenvalue weighted by Crippen LogP contribution is 2.36. The number of hydrogen-bond acceptors (Lipinski definition) is 9. The van der Waals surface area contributed by atoms with Crippen molar-refractivity contribution in [3.05, 3.63) is 23.2 Å². The number of hydrogen-bond donors (Lipinski definition) is 2. The van der Waals surface area contributed by atoms with Gasteiger partial charge in [0.2, 0.25) is 5.91 Å². The van der Waals surface area contributed by atoms with Gasteiger partial charge in [0.05, 0.1) is 49.2 Å². The van der Waals surface area contributed by atoms with Crippen molar-refractivity contribution in [2.45, 2.75) is 25.5 Å². The Balaban J connectivity index is 1.34. The van der Waals surface area contributed by atoms with Gasteiger partial charge in [0.15, 0.2) is 11.6 Å². The second-order valence-electron chi connectivity index (χ2n) is 8.49. The number of amides is 1. The van der Waals surface area contributed by atoms with E-state index in [1.54, 1.807) is 0 Å². The highest BCUT2D eigenvalue weighted by Gasteiger charge is 2.35. The third-order valence-corrected chi connectivity index (χ3v) is 7.39. The number of anilines is 2. The monoisotopic (exact) mass is 459 g/mol. The fourth-order valence-electron chi connectivity index (χ4n) is 4.53. The number of thiophene rings is 1. The number of fused-ring (bicyclic) bond motifs is 3. The average molecular weight is 460 g/mol. The molecule has 3 aliphatic heterocycles. The van der Waals surface area contributed by atoms with Crippen LogP contribution in [0.3, 0.4) is 0 Å². The second kappa shape index (κ2) is 9.70. The molecule has 0 saturated carbocycles. The van der Waals surface area contributed by atoms with Crippen LogP contribution in [0.15, 0.2) is 18.3 Å². The van der Waals surface area contributed by atoms with Crippen molar-refractivity contribution in [3.63, 3.8) is 0 Å². The van der Waals surface area contributed by atoms with Crippen LogP contribution in [0.5, 0.6) is 0 Å². The van der Waals surface area contributed by atoms with Crippen molar-refractivity contribution >= 4 is 28.7 Å². The quantitative estimate of drug-likeness (QED) is 0.666. The van der Waals surface area contributed by atoms with Gasteiger partial charge < -0.3 is 29.7 Å². The lowest BCUT2D eigenvalue weighted by molar-refractivity contribution is -0.120. The number of aliphatic hydroxyl groups excluding tert-OH is 1. The molecule has 10 heteroatoms. The number of aliphatic hydroxyl groups is 1. The minimum absolute atomic E-state index is 0.0118. The zero-order valence-electron chi connectivity index (χ0n) is 18.0. The summed E-state index contributed by atoms with van der Waals surface area (Å²) in [6.45, 7) is 5.29. The lowest BCUT2D eigenvalue weighted by Crippen LogP contribution is -2.57. The Hall–Kier alpha value is -2.27. The van der Waals surface area contributed by atoms with Crippen LogP contribution in [0.25, 0.3) is 10.7 Å². The Morgan fingerprint density at radius 3 is 2.94 bits per heavy atom. The lowest BCUT2D eigenvalue weighted by Gasteiger charge is -2.45. The molecular weight excluding hydrogens is 430 g/mol. The van der Waals surface area contributed by atoms with E-state index in [9.17, 15) is 9.90 Å². The molecule has 32 heavy (non-hydrogen) atoms. The van der Waals surface area contributed by atoms with Crippen LogP contribution < -0.4 is 15.1 Å². The van der Waals surface area contributed by atoms with Crippen molar-refractivity contribution < 1.29 is 19.4 Å². The Kier molecular flexibility index (Phi) is 6.54. The minimum Gasteiger partial charge on any atom is -0.391 e. The van der Waals surface area contributed by atoms with E-state index in [0.29, 0.717) is 38.0 Å². The summed E-state index contributed by atoms with van der Waals surface area (Å²) in [5.41, 5.74) is 0.882. The first kappa shape index (κ1) is 21.6. The molecule has 0 aromatic carbocycles. The molecule has 5 heterocycles. The predicted molar refractivity (Wildman–Crippen MR) is 122 cm³/mol. The van der Waals surface area contributed by atoms with E-state index >= 15 is 0 Å². The Labute approximate surface area is 191 Å². The smallest absolute Gasteiger partial charge is 0.239 e. The number of nitrogens with one attached hydrogen (secondary N) is 1. The van der Waals surface area contributed by atoms with E-state index in [2.05, 4.69) is 20.1 Å². The van der Waals surface area contributed by atoms with Gasteiger partial charge in [0.1, 0.15) is 0 Å². The highest BCUT2D eigenvalue weighted by molar-refractivity contribution is 7.15. The average Bonchev–Trinajstić information content (AvgIpc) is 3.33. The molecule has 2 aromatic rings. The zero-order valence-corrected chi connectivity index (χ0v) is 18.9. The number of morpholine rings is 1. The third kappa shape index (κ3) is 4.59. The number of rotatable bonds is 6. The summed E-state index contributed by atoms with van der Waals surface area (Å²) in [5.74, 6) is 2.00. The normalized spacial score (nSPS) is 21.2. The van der Waals surface area contributed by atoms with E-state index in [1.165, 1.54) is 11.3 Å². The Bertz CT molecular complexity index is 948. The molecule has 1 unspecified atom stereocenters. The van der Waals surface area contributed by atoms with Gasteiger partial charge in [-0.1, -0.05) is 0 Å². The Morgan fingerprint density at radius 1 is 1.25 bits per heavy atom. The van der Waals surface area contributed by atoms with Gasteiger partial charge in [-0.25, -0.2) is 9.97 Å². The molecule has 3 aliphatic rings. The summed E-state index contributed by atoms with van der Waals surface area (Å²) < 4.78 is 11.1. The summed E-state index contributed by atoms with van der Waals surface area (Å²) in [4.78, 5) is 28.4. The molecule has 2 N–H and O–H groups in total. The molecule has 0 bridgehead atoms. The summed E-state index contributed by atoms with van der Waals surface area (Å²) >= 11 is 1.49. The van der Waals surface area contributed by atoms with Crippen LogP contribution in [0.2, 0.25) is 0 Å². The molecule has 0 radical (unpaired) electrons. The van der Waals surface area contributed by atoms with Crippen LogP contribution in [0, 0.1) is 5.92 Å². The van der Waals surface area contributed by atoms with Gasteiger partial charge in [-0.15, -0.1) is 11.3 Å². The summed E-state index contributed by atoms with van der Waals surface area (Å²) in [6, 6.07) is 3.99. The molecule has 2 aromatic heterocycles. The number of ether oxygens (including phenoxy) is 2. The molecule has 172 valence electrons. The third-order valence-electron chi connectivity index (χ3n) is 6.32. The fourth-order valence-corrected chi connectivity index (χ4v) is 5.34. The van der Waals surface area contributed by atoms with Crippen LogP contribution in [0.4, 0.5) is 11.5 Å². The van der Waals surface area contributed by atoms with E-state index in [4.69, 9.17) is 14.5 Å². The van der Waals surface area contributed by atoms with Crippen LogP contribution in [0.1, 0.15) is 17.7 Å². The molecule has 2 fully saturated rings. The maximum atomic E-state index is 12.8. The maximum Gasteiger partial charge on any atom is 0.239 e. The first-order valence-corrected chi connectivity index (χ1v) is 12.0. The van der Waals surface area contributed by atoms with Gasteiger partial charge in [-0.05, 0) is 30.9 Å². The van der Waals surface area contributed by atoms with E-state index in [-0.39, 0.29) is 25.1 Å². The van der Waals surface area contributed by atoms with Gasteiger partial charge in [0, 0.05) is 37.7 Å². The van der Waals surface area contributed by atoms with E-state index < -0.39 is 0 Å². The zero-order chi connectivity index (χ0) is 21.9. The van der Waals surface area contributed by atoms with Crippen molar-refractivity contribution in [1.29, 1.82) is 0 Å². The first-order valence-electron chi connectivity index (χ1n) is 11.2. The summed E-state index contributed by atoms with van der Waals surface area (Å²) in [7, 11) is 0. The van der Waals surface area contributed by atoms with Crippen molar-refractivity contribution in [2.24, 2.45) is 5.92 Å². The fraction of sp³-hybridized carbons (Fsp3) is 0.591. The second-order valence-corrected chi connectivity index (χ2v) is 9.66. The first-order chi connectivity index (χ1) is 15.7. The SMILES string of the molecule is O=C(CN1CC2COCCN2c2nc(-c3ccc(CO)s3)ncc21)NCC1CCOCC1. The topological polar surface area (TPSA) is 100 Å². The molecule has 9 nitrogen and oxygen atoms in total. The maximum absolute atomic E-state index is 12.8. The van der Waals surface area contributed by atoms with Crippen molar-refractivity contribution in [2.75, 3.05) is 62.4 Å². The Morgan fingerprint density at radius 2 is 2.12 bits per heavy atom. The minimum atomic E-state index is 0.0118. The largest absolute Gasteiger partial charge is 0.391 e. The number of aromatic nitrogens is 2. The molecular formula is C22H29N5O4S. The molecule has 1 atom stereocenters. The van der Waals surface area contributed by atoms with Gasteiger partial charge >= 0.3 is 0 Å². The number of carbonyl (C=O) groups excluding carboxylic acids is 1. The van der Waals surface area contributed by atoms with Crippen LogP contribution in [-0.4, -0.2) is 79.6 Å². The molecule has 0 spiro atoms. The highest BCUT2D eigenvalue weighted by atomic mass is 32.1. The lowest BCUT2D eigenvalue weighted by atomic mass is 10.0. The van der Waals surface area contributed by atoms with Crippen molar-refractivity contribution in [3.8, 4) is 10.7 Å². The number of carbonyl (C=O) groups is 1. The molecule has 5 rings (SSSR count). The standard InChI is InChI=1S/C22H29N5O4S/c28-13-17-1-2-19(32-17)21-24-10-18-22(25-21)27-5-8-31-14-16(27)11-26(18)12-20(29)23-9-15-3-6-30-7-4-15/h1-2,10,15-16,28H,3-9,11-14H2,(H,23,29).